The highest BCUT2D eigenvalue weighted by molar-refractivity contribution is 6.00. The number of amides is 11. The van der Waals surface area contributed by atoms with Crippen molar-refractivity contribution in [2.75, 3.05) is 95.4 Å². The number of morpholine rings is 1. The SMILES string of the molecule is C/C=C/C[C@@H](C)[C@@H](O)C1C(=O)N[C@@H](CC)C(=O)N(C)[C@H](C)C(=O)N(C)[C@@H]([C@H](C)COCCN2CCOCC2)C(=O)N[C@@H](C(C)C)C(=O)N(C)[C@@H](CC(C)C)C(=O)N[C@@H](C)C(=O)N[C@H](C)C(=O)N(C)[C@@H](CC(C)C)C(=O)N(C)[C@@H](CC(C)C)C(=O)N(C)[C@@H](C(C)C)C(=O)N1C. The molecule has 1 unspecified atom stereocenters. The van der Waals surface area contributed by atoms with Crippen molar-refractivity contribution < 1.29 is 67.3 Å². The van der Waals surface area contributed by atoms with Gasteiger partial charge in [0.15, 0.2) is 0 Å². The fraction of sp³-hybridized carbons (Fsp3) is 0.809. The third kappa shape index (κ3) is 23.3. The number of allylic oxidation sites excluding steroid dienone is 2. The van der Waals surface area contributed by atoms with Gasteiger partial charge < -0.3 is 70.1 Å². The Kier molecular flexibility index (Phi) is 34.9. The molecule has 2 aliphatic rings. The molecule has 26 nitrogen and oxygen atoms in total. The lowest BCUT2D eigenvalue weighted by atomic mass is 9.91. The summed E-state index contributed by atoms with van der Waals surface area (Å²) in [5, 5.41) is 23.3. The largest absolute Gasteiger partial charge is 0.390 e. The van der Waals surface area contributed by atoms with Gasteiger partial charge in [0.05, 0.1) is 32.5 Å². The average Bonchev–Trinajstić information content (AvgIpc) is 0.969. The monoisotopic (exact) mass is 1330 g/mol. The molecule has 0 aromatic rings. The van der Waals surface area contributed by atoms with Crippen LogP contribution in [0, 0.1) is 41.4 Å². The summed E-state index contributed by atoms with van der Waals surface area (Å²) in [6.07, 6.45) is 2.78. The van der Waals surface area contributed by atoms with E-state index >= 15 is 24.0 Å². The van der Waals surface area contributed by atoms with Gasteiger partial charge >= 0.3 is 0 Å². The molecule has 11 amide bonds. The summed E-state index contributed by atoms with van der Waals surface area (Å²) >= 11 is 0. The maximum atomic E-state index is 15.3. The maximum absolute atomic E-state index is 15.3. The second kappa shape index (κ2) is 39.1. The van der Waals surface area contributed by atoms with Gasteiger partial charge in [-0.05, 0) is 95.3 Å². The lowest BCUT2D eigenvalue weighted by Gasteiger charge is -2.41. The van der Waals surface area contributed by atoms with Gasteiger partial charge in [-0.1, -0.05) is 102 Å². The smallest absolute Gasteiger partial charge is 0.246 e. The van der Waals surface area contributed by atoms with Crippen LogP contribution in [0.25, 0.3) is 0 Å². The number of aliphatic hydroxyl groups is 1. The molecule has 0 aromatic heterocycles. The van der Waals surface area contributed by atoms with Crippen LogP contribution in [0.4, 0.5) is 0 Å². The summed E-state index contributed by atoms with van der Waals surface area (Å²) in [5.74, 6) is -10.7. The number of carbonyl (C=O) groups excluding carboxylic acids is 11. The Morgan fingerprint density at radius 3 is 1.48 bits per heavy atom. The zero-order valence-corrected chi connectivity index (χ0v) is 61.4. The summed E-state index contributed by atoms with van der Waals surface area (Å²) < 4.78 is 11.7. The third-order valence-corrected chi connectivity index (χ3v) is 18.4. The van der Waals surface area contributed by atoms with Crippen molar-refractivity contribution in [2.45, 2.75) is 222 Å². The van der Waals surface area contributed by atoms with E-state index in [-0.39, 0.29) is 50.0 Å². The highest BCUT2D eigenvalue weighted by Crippen LogP contribution is 2.26. The zero-order valence-electron chi connectivity index (χ0n) is 61.4. The Hall–Kier alpha value is -6.25. The average molecular weight is 1330 g/mol. The van der Waals surface area contributed by atoms with Crippen LogP contribution in [-0.4, -0.2) is 277 Å². The van der Waals surface area contributed by atoms with Crippen LogP contribution < -0.4 is 21.3 Å². The van der Waals surface area contributed by atoms with Crippen molar-refractivity contribution in [1.29, 1.82) is 0 Å². The van der Waals surface area contributed by atoms with Crippen LogP contribution in [0.1, 0.15) is 150 Å². The number of nitrogens with zero attached hydrogens (tertiary/aromatic N) is 8. The van der Waals surface area contributed by atoms with E-state index in [0.29, 0.717) is 32.8 Å². The fourth-order valence-corrected chi connectivity index (χ4v) is 12.2. The predicted molar refractivity (Wildman–Crippen MR) is 361 cm³/mol. The summed E-state index contributed by atoms with van der Waals surface area (Å²) in [4.78, 5) is 174. The van der Waals surface area contributed by atoms with Crippen molar-refractivity contribution in [3.05, 3.63) is 12.2 Å². The van der Waals surface area contributed by atoms with E-state index < -0.39 is 161 Å². The van der Waals surface area contributed by atoms with E-state index in [1.54, 1.807) is 61.5 Å². The molecule has 0 bridgehead atoms. The first-order valence-corrected chi connectivity index (χ1v) is 34.0. The first-order valence-electron chi connectivity index (χ1n) is 34.0. The third-order valence-electron chi connectivity index (χ3n) is 18.4. The molecular formula is C68H122N12O14. The fourth-order valence-electron chi connectivity index (χ4n) is 12.2. The van der Waals surface area contributed by atoms with Crippen LogP contribution in [0.15, 0.2) is 12.2 Å². The van der Waals surface area contributed by atoms with Gasteiger partial charge in [0.25, 0.3) is 0 Å². The second-order valence-corrected chi connectivity index (χ2v) is 28.3. The molecule has 14 atom stereocenters. The van der Waals surface area contributed by atoms with Gasteiger partial charge in [0.1, 0.15) is 66.5 Å². The minimum Gasteiger partial charge on any atom is -0.390 e. The van der Waals surface area contributed by atoms with Crippen molar-refractivity contribution in [1.82, 2.24) is 60.5 Å². The normalized spacial score (nSPS) is 27.7. The Morgan fingerprint density at radius 1 is 0.511 bits per heavy atom. The van der Waals surface area contributed by atoms with E-state index in [0.717, 1.165) is 22.9 Å². The number of likely N-dealkylation sites (N-methyl/N-ethyl adjacent to an activating group) is 7. The van der Waals surface area contributed by atoms with E-state index in [1.807, 2.05) is 47.6 Å². The highest BCUT2D eigenvalue weighted by Gasteiger charge is 2.46. The number of aliphatic hydroxyl groups excluding tert-OH is 1. The molecule has 2 heterocycles. The Bertz CT molecular complexity index is 2560. The lowest BCUT2D eigenvalue weighted by molar-refractivity contribution is -0.157. The predicted octanol–water partition coefficient (Wildman–Crippen LogP) is 2.60. The summed E-state index contributed by atoms with van der Waals surface area (Å²) in [5.41, 5.74) is 0. The van der Waals surface area contributed by atoms with E-state index in [2.05, 4.69) is 26.2 Å². The highest BCUT2D eigenvalue weighted by atomic mass is 16.5. The number of carbonyl (C=O) groups is 11. The van der Waals surface area contributed by atoms with Crippen molar-refractivity contribution in [3.63, 3.8) is 0 Å². The maximum Gasteiger partial charge on any atom is 0.246 e. The Labute approximate surface area is 562 Å². The number of rotatable bonds is 19. The minimum atomic E-state index is -1.64. The van der Waals surface area contributed by atoms with Crippen LogP contribution in [-0.2, 0) is 62.2 Å². The summed E-state index contributed by atoms with van der Waals surface area (Å²) in [7, 11) is 9.93. The van der Waals surface area contributed by atoms with Gasteiger partial charge in [0.2, 0.25) is 65.0 Å². The summed E-state index contributed by atoms with van der Waals surface area (Å²) in [6.45, 7) is 32.8. The van der Waals surface area contributed by atoms with Crippen LogP contribution in [0.5, 0.6) is 0 Å². The Morgan fingerprint density at radius 2 is 0.979 bits per heavy atom. The molecule has 0 spiro atoms. The minimum absolute atomic E-state index is 0.00445. The molecule has 94 heavy (non-hydrogen) atoms. The standard InChI is InChI=1S/C68H122N12O14/c1-25-27-28-44(13)57(81)56-61(85)71-49(26-2)64(88)73(18)48(17)63(87)78(23)55(45(14)38-94-34-31-80-29-32-93-33-30-80)60(84)72-53(42(9)10)67(91)74(19)50(35-39(3)4)59(83)69-46(15)58(82)70-47(16)62(86)75(20)51(36-40(5)6)65(89)76(21)52(37-41(7)8)66(90)77(22)54(43(11)12)68(92)79(56)24/h25,27,39-57,81H,26,28-38H2,1-24H3,(H,69,83)(H,70,82)(H,71,85)(H,72,84)/b27-25+/t44-,45-,46+,47-,48-,49+,50+,51+,52+,53+,54+,55+,56?,57-/m1/s1. The van der Waals surface area contributed by atoms with Gasteiger partial charge in [-0.3, -0.25) is 57.6 Å². The van der Waals surface area contributed by atoms with Gasteiger partial charge in [-0.2, -0.15) is 0 Å². The molecule has 26 heteroatoms. The molecule has 5 N–H and O–H groups in total. The Balaban J connectivity index is 3.02. The molecule has 0 aliphatic carbocycles. The topological polar surface area (TPSA) is 300 Å². The van der Waals surface area contributed by atoms with E-state index in [9.17, 15) is 33.9 Å². The molecule has 0 saturated carbocycles. The number of hydrogen-bond acceptors (Lipinski definition) is 15. The van der Waals surface area contributed by atoms with Gasteiger partial charge in [-0.25, -0.2) is 0 Å². The van der Waals surface area contributed by atoms with Crippen molar-refractivity contribution >= 4 is 65.0 Å². The molecule has 0 radical (unpaired) electrons. The quantitative estimate of drug-likeness (QED) is 0.0918. The second-order valence-electron chi connectivity index (χ2n) is 28.3. The zero-order chi connectivity index (χ0) is 72.1. The molecule has 2 rings (SSSR count). The molecule has 2 saturated heterocycles. The first kappa shape index (κ1) is 83.8. The van der Waals surface area contributed by atoms with Crippen molar-refractivity contribution in [3.8, 4) is 0 Å². The van der Waals surface area contributed by atoms with Crippen LogP contribution >= 0.6 is 0 Å². The van der Waals surface area contributed by atoms with Crippen molar-refractivity contribution in [2.24, 2.45) is 41.4 Å². The van der Waals surface area contributed by atoms with Gasteiger partial charge in [-0.15, -0.1) is 0 Å². The van der Waals surface area contributed by atoms with Crippen LogP contribution in [0.2, 0.25) is 0 Å². The van der Waals surface area contributed by atoms with Crippen LogP contribution in [0.3, 0.4) is 0 Å². The van der Waals surface area contributed by atoms with E-state index in [1.165, 1.54) is 94.6 Å². The molecule has 2 fully saturated rings. The number of ether oxygens (including phenoxy) is 2. The first-order chi connectivity index (χ1) is 43.7. The number of nitrogens with one attached hydrogen (secondary N) is 4. The lowest BCUT2D eigenvalue weighted by Crippen LogP contribution is -2.64. The van der Waals surface area contributed by atoms with E-state index in [4.69, 9.17) is 9.47 Å². The summed E-state index contributed by atoms with van der Waals surface area (Å²) in [6, 6.07) is -14.0. The molecular weight excluding hydrogens is 1210 g/mol. The molecule has 538 valence electrons. The molecule has 0 aromatic carbocycles. The molecule has 2 aliphatic heterocycles. The van der Waals surface area contributed by atoms with Gasteiger partial charge in [0, 0.05) is 74.9 Å². The number of hydrogen-bond donors (Lipinski definition) is 5.